The van der Waals surface area contributed by atoms with E-state index in [9.17, 15) is 4.79 Å². The third-order valence-electron chi connectivity index (χ3n) is 1.71. The van der Waals surface area contributed by atoms with Crippen molar-refractivity contribution < 1.29 is 9.53 Å². The van der Waals surface area contributed by atoms with Crippen molar-refractivity contribution in [2.45, 2.75) is 32.4 Å². The summed E-state index contributed by atoms with van der Waals surface area (Å²) in [7, 11) is 3.28. The van der Waals surface area contributed by atoms with E-state index in [1.54, 1.807) is 14.2 Å². The molecule has 0 aromatic heterocycles. The Kier molecular flexibility index (Phi) is 6.54. The minimum Gasteiger partial charge on any atom is -0.385 e. The first-order valence-electron chi connectivity index (χ1n) is 4.58. The van der Waals surface area contributed by atoms with Crippen molar-refractivity contribution in [1.29, 1.82) is 0 Å². The molecule has 0 rings (SSSR count). The van der Waals surface area contributed by atoms with Gasteiger partial charge in [-0.25, -0.2) is 0 Å². The first-order valence-corrected chi connectivity index (χ1v) is 4.58. The number of hydrogen-bond acceptors (Lipinski definition) is 3. The average Bonchev–Trinajstić information content (AvgIpc) is 2.10. The van der Waals surface area contributed by atoms with Gasteiger partial charge in [0, 0.05) is 26.8 Å². The van der Waals surface area contributed by atoms with Gasteiger partial charge in [-0.3, -0.25) is 4.79 Å². The zero-order chi connectivity index (χ0) is 10.3. The van der Waals surface area contributed by atoms with Crippen molar-refractivity contribution in [2.24, 2.45) is 0 Å². The molecule has 0 aliphatic heterocycles. The molecule has 0 radical (unpaired) electrons. The highest BCUT2D eigenvalue weighted by Gasteiger charge is 2.16. The lowest BCUT2D eigenvalue weighted by molar-refractivity contribution is -0.123. The molecule has 0 saturated heterocycles. The van der Waals surface area contributed by atoms with Crippen LogP contribution in [0.5, 0.6) is 0 Å². The van der Waals surface area contributed by atoms with Crippen LogP contribution >= 0.6 is 0 Å². The monoisotopic (exact) mass is 188 g/mol. The van der Waals surface area contributed by atoms with E-state index in [0.29, 0.717) is 19.1 Å². The maximum atomic E-state index is 11.3. The highest BCUT2D eigenvalue weighted by atomic mass is 16.5. The molecule has 0 heterocycles. The number of nitrogens with one attached hydrogen (secondary N) is 2. The quantitative estimate of drug-likeness (QED) is 0.623. The Morgan fingerprint density at radius 3 is 2.46 bits per heavy atom. The lowest BCUT2D eigenvalue weighted by Crippen LogP contribution is -2.46. The first-order chi connectivity index (χ1) is 6.11. The zero-order valence-electron chi connectivity index (χ0n) is 8.89. The van der Waals surface area contributed by atoms with Crippen LogP contribution in [-0.4, -0.2) is 38.8 Å². The third-order valence-corrected chi connectivity index (χ3v) is 1.71. The van der Waals surface area contributed by atoms with E-state index in [1.165, 1.54) is 0 Å². The number of carbonyl (C=O) groups excluding carboxylic acids is 1. The highest BCUT2D eigenvalue weighted by Crippen LogP contribution is 1.95. The molecule has 13 heavy (non-hydrogen) atoms. The molecule has 0 saturated carbocycles. The summed E-state index contributed by atoms with van der Waals surface area (Å²) in [5, 5.41) is 5.80. The predicted octanol–water partition coefficient (Wildman–Crippen LogP) is 0.135. The minimum absolute atomic E-state index is 0.0192. The largest absolute Gasteiger partial charge is 0.385 e. The number of amides is 1. The van der Waals surface area contributed by atoms with Crippen LogP contribution in [0.25, 0.3) is 0 Å². The summed E-state index contributed by atoms with van der Waals surface area (Å²) in [6.07, 6.45) is 0.703. The molecule has 0 bridgehead atoms. The number of likely N-dealkylation sites (N-methyl/N-ethyl adjacent to an activating group) is 1. The van der Waals surface area contributed by atoms with Gasteiger partial charge in [0.2, 0.25) is 5.91 Å². The molecule has 4 heteroatoms. The molecule has 0 aliphatic carbocycles. The van der Waals surface area contributed by atoms with Gasteiger partial charge in [-0.1, -0.05) is 13.8 Å². The molecule has 0 aromatic rings. The maximum Gasteiger partial charge on any atom is 0.236 e. The van der Waals surface area contributed by atoms with Crippen LogP contribution in [0.1, 0.15) is 20.3 Å². The summed E-state index contributed by atoms with van der Waals surface area (Å²) in [6.45, 7) is 4.63. The van der Waals surface area contributed by atoms with E-state index in [0.717, 1.165) is 0 Å². The maximum absolute atomic E-state index is 11.3. The summed E-state index contributed by atoms with van der Waals surface area (Å²) in [4.78, 5) is 11.3. The van der Waals surface area contributed by atoms with Crippen molar-refractivity contribution >= 4 is 5.91 Å². The molecule has 1 atom stereocenters. The van der Waals surface area contributed by atoms with E-state index in [2.05, 4.69) is 10.6 Å². The fourth-order valence-electron chi connectivity index (χ4n) is 1.10. The molecule has 0 spiro atoms. The van der Waals surface area contributed by atoms with Crippen LogP contribution < -0.4 is 10.6 Å². The number of carbonyl (C=O) groups is 1. The lowest BCUT2D eigenvalue weighted by Gasteiger charge is -2.19. The lowest BCUT2D eigenvalue weighted by atomic mass is 10.2. The van der Waals surface area contributed by atoms with E-state index in [-0.39, 0.29) is 11.9 Å². The number of ether oxygens (including phenoxy) is 1. The van der Waals surface area contributed by atoms with Gasteiger partial charge in [-0.2, -0.15) is 0 Å². The number of hydrogen-bond donors (Lipinski definition) is 2. The van der Waals surface area contributed by atoms with Gasteiger partial charge < -0.3 is 15.4 Å². The topological polar surface area (TPSA) is 50.4 Å². The number of methoxy groups -OCH3 is 1. The van der Waals surface area contributed by atoms with Gasteiger partial charge >= 0.3 is 0 Å². The highest BCUT2D eigenvalue weighted by molar-refractivity contribution is 5.81. The zero-order valence-corrected chi connectivity index (χ0v) is 8.89. The summed E-state index contributed by atoms with van der Waals surface area (Å²) in [6, 6.07) is 0.157. The molecular weight excluding hydrogens is 168 g/mol. The number of rotatable bonds is 6. The second kappa shape index (κ2) is 6.86. The van der Waals surface area contributed by atoms with E-state index in [4.69, 9.17) is 4.74 Å². The molecule has 1 amide bonds. The normalized spacial score (nSPS) is 13.0. The molecule has 0 aromatic carbocycles. The first kappa shape index (κ1) is 12.4. The van der Waals surface area contributed by atoms with Crippen LogP contribution in [0.4, 0.5) is 0 Å². The van der Waals surface area contributed by atoms with E-state index < -0.39 is 0 Å². The van der Waals surface area contributed by atoms with Gasteiger partial charge in [0.05, 0.1) is 6.04 Å². The average molecular weight is 188 g/mol. The smallest absolute Gasteiger partial charge is 0.236 e. The Balaban J connectivity index is 3.94. The van der Waals surface area contributed by atoms with Crippen LogP contribution in [0.3, 0.4) is 0 Å². The van der Waals surface area contributed by atoms with Gasteiger partial charge in [0.25, 0.3) is 0 Å². The molecule has 78 valence electrons. The molecule has 4 nitrogen and oxygen atoms in total. The standard InChI is InChI=1S/C9H20N2O2/c1-7(2)11-8(5-6-13-4)9(12)10-3/h7-8,11H,5-6H2,1-4H3,(H,10,12)/t8-/m1/s1. The van der Waals surface area contributed by atoms with Gasteiger partial charge in [0.15, 0.2) is 0 Å². The second-order valence-electron chi connectivity index (χ2n) is 3.27. The van der Waals surface area contributed by atoms with Gasteiger partial charge in [-0.15, -0.1) is 0 Å². The molecule has 0 fully saturated rings. The van der Waals surface area contributed by atoms with Crippen LogP contribution in [0, 0.1) is 0 Å². The summed E-state index contributed by atoms with van der Waals surface area (Å²) >= 11 is 0. The molecule has 2 N–H and O–H groups in total. The Hall–Kier alpha value is -0.610. The van der Waals surface area contributed by atoms with Gasteiger partial charge in [-0.05, 0) is 6.42 Å². The Morgan fingerprint density at radius 2 is 2.08 bits per heavy atom. The Labute approximate surface area is 80.0 Å². The fourth-order valence-corrected chi connectivity index (χ4v) is 1.10. The third kappa shape index (κ3) is 5.60. The summed E-state index contributed by atoms with van der Waals surface area (Å²) < 4.78 is 4.93. The van der Waals surface area contributed by atoms with Crippen LogP contribution in [0.2, 0.25) is 0 Å². The van der Waals surface area contributed by atoms with Crippen molar-refractivity contribution in [3.63, 3.8) is 0 Å². The summed E-state index contributed by atoms with van der Waals surface area (Å²) in [5.41, 5.74) is 0. The van der Waals surface area contributed by atoms with E-state index in [1.807, 2.05) is 13.8 Å². The minimum atomic E-state index is -0.148. The van der Waals surface area contributed by atoms with Crippen molar-refractivity contribution in [3.05, 3.63) is 0 Å². The molecular formula is C9H20N2O2. The van der Waals surface area contributed by atoms with Crippen molar-refractivity contribution in [3.8, 4) is 0 Å². The Morgan fingerprint density at radius 1 is 1.46 bits per heavy atom. The van der Waals surface area contributed by atoms with Gasteiger partial charge in [0.1, 0.15) is 0 Å². The molecule has 0 unspecified atom stereocenters. The van der Waals surface area contributed by atoms with E-state index >= 15 is 0 Å². The Bertz CT molecular complexity index is 149. The SMILES string of the molecule is CNC(=O)[C@@H](CCOC)NC(C)C. The van der Waals surface area contributed by atoms with Crippen molar-refractivity contribution in [1.82, 2.24) is 10.6 Å². The van der Waals surface area contributed by atoms with Crippen molar-refractivity contribution in [2.75, 3.05) is 20.8 Å². The second-order valence-corrected chi connectivity index (χ2v) is 3.27. The summed E-state index contributed by atoms with van der Waals surface area (Å²) in [5.74, 6) is 0.0192. The fraction of sp³-hybridized carbons (Fsp3) is 0.889. The van der Waals surface area contributed by atoms with Crippen LogP contribution in [-0.2, 0) is 9.53 Å². The van der Waals surface area contributed by atoms with Crippen LogP contribution in [0.15, 0.2) is 0 Å². The molecule has 0 aliphatic rings. The predicted molar refractivity (Wildman–Crippen MR) is 52.6 cm³/mol.